The summed E-state index contributed by atoms with van der Waals surface area (Å²) in [4.78, 5) is 25.6. The van der Waals surface area contributed by atoms with Gasteiger partial charge in [0.1, 0.15) is 0 Å². The molecule has 2 aromatic rings. The lowest BCUT2D eigenvalue weighted by Crippen LogP contribution is -2.33. The molecule has 0 aliphatic carbocycles. The molecule has 0 bridgehead atoms. The molecule has 1 heterocycles. The van der Waals surface area contributed by atoms with Gasteiger partial charge in [-0.1, -0.05) is 28.1 Å². The number of hydrogen-bond donors (Lipinski definition) is 1. The summed E-state index contributed by atoms with van der Waals surface area (Å²) in [5, 5.41) is 2.86. The summed E-state index contributed by atoms with van der Waals surface area (Å²) in [5.41, 5.74) is 3.30. The van der Waals surface area contributed by atoms with E-state index in [0.717, 1.165) is 22.1 Å². The number of benzene rings is 2. The minimum atomic E-state index is -0.179. The van der Waals surface area contributed by atoms with E-state index < -0.39 is 0 Å². The molecule has 0 saturated carbocycles. The molecule has 4 nitrogen and oxygen atoms in total. The molecule has 0 aromatic heterocycles. The highest BCUT2D eigenvalue weighted by atomic mass is 79.9. The van der Waals surface area contributed by atoms with E-state index in [-0.39, 0.29) is 11.8 Å². The Morgan fingerprint density at radius 2 is 2.00 bits per heavy atom. The van der Waals surface area contributed by atoms with Crippen LogP contribution in [0.15, 0.2) is 46.9 Å². The van der Waals surface area contributed by atoms with Gasteiger partial charge >= 0.3 is 6.03 Å². The first-order chi connectivity index (χ1) is 10.5. The molecule has 3 rings (SSSR count). The molecular formula is C17H15BrN2O2. The number of anilines is 2. The lowest BCUT2D eigenvalue weighted by molar-refractivity contribution is 0.101. The first-order valence-corrected chi connectivity index (χ1v) is 7.82. The number of amides is 2. The van der Waals surface area contributed by atoms with Crippen LogP contribution in [-0.4, -0.2) is 18.4 Å². The van der Waals surface area contributed by atoms with Gasteiger partial charge in [0.05, 0.1) is 0 Å². The Morgan fingerprint density at radius 3 is 2.77 bits per heavy atom. The molecule has 0 spiro atoms. The number of Topliss-reactive ketones (excluding diaryl/α,β-unsaturated/α-hetero) is 1. The zero-order chi connectivity index (χ0) is 15.7. The van der Waals surface area contributed by atoms with Crippen LogP contribution in [0.4, 0.5) is 16.2 Å². The first-order valence-electron chi connectivity index (χ1n) is 7.02. The van der Waals surface area contributed by atoms with Gasteiger partial charge in [0, 0.05) is 28.0 Å². The number of nitrogens with one attached hydrogen (secondary N) is 1. The Labute approximate surface area is 137 Å². The number of urea groups is 1. The molecule has 22 heavy (non-hydrogen) atoms. The minimum Gasteiger partial charge on any atom is -0.308 e. The highest BCUT2D eigenvalue weighted by Crippen LogP contribution is 2.31. The third-order valence-electron chi connectivity index (χ3n) is 3.70. The highest BCUT2D eigenvalue weighted by Gasteiger charge is 2.24. The van der Waals surface area contributed by atoms with Crippen molar-refractivity contribution < 1.29 is 9.59 Å². The lowest BCUT2D eigenvalue weighted by Gasteiger charge is -2.18. The maximum Gasteiger partial charge on any atom is 0.326 e. The van der Waals surface area contributed by atoms with Crippen molar-refractivity contribution in [3.63, 3.8) is 0 Å². The van der Waals surface area contributed by atoms with Gasteiger partial charge in [0.25, 0.3) is 0 Å². The van der Waals surface area contributed by atoms with E-state index in [9.17, 15) is 9.59 Å². The molecule has 0 saturated heterocycles. The number of nitrogens with zero attached hydrogens (tertiary/aromatic N) is 1. The van der Waals surface area contributed by atoms with Crippen molar-refractivity contribution in [2.24, 2.45) is 0 Å². The summed E-state index contributed by atoms with van der Waals surface area (Å²) in [6.07, 6.45) is 0.843. The van der Waals surface area contributed by atoms with Gasteiger partial charge in [-0.3, -0.25) is 9.69 Å². The van der Waals surface area contributed by atoms with Gasteiger partial charge < -0.3 is 5.32 Å². The number of rotatable bonds is 2. The summed E-state index contributed by atoms with van der Waals surface area (Å²) >= 11 is 3.45. The van der Waals surface area contributed by atoms with E-state index in [1.807, 2.05) is 18.2 Å². The first kappa shape index (κ1) is 14.8. The van der Waals surface area contributed by atoms with Gasteiger partial charge in [0.2, 0.25) is 0 Å². The summed E-state index contributed by atoms with van der Waals surface area (Å²) in [7, 11) is 0. The molecule has 112 valence electrons. The Hall–Kier alpha value is -2.14. The van der Waals surface area contributed by atoms with Crippen molar-refractivity contribution in [2.45, 2.75) is 13.3 Å². The lowest BCUT2D eigenvalue weighted by atomic mass is 10.1. The van der Waals surface area contributed by atoms with Gasteiger partial charge in [-0.05, 0) is 49.2 Å². The standard InChI is InChI=1S/C17H15BrN2O2/c1-11(21)12-3-2-4-15(10-12)19-17(22)20-8-7-13-9-14(18)5-6-16(13)20/h2-6,9-10H,7-8H2,1H3,(H,19,22). The molecule has 1 N–H and O–H groups in total. The van der Waals surface area contributed by atoms with Crippen LogP contribution in [0.5, 0.6) is 0 Å². The number of carbonyl (C=O) groups excluding carboxylic acids is 2. The Morgan fingerprint density at radius 1 is 1.18 bits per heavy atom. The summed E-state index contributed by atoms with van der Waals surface area (Å²) in [6, 6.07) is 12.7. The maximum atomic E-state index is 12.5. The molecule has 1 aliphatic heterocycles. The summed E-state index contributed by atoms with van der Waals surface area (Å²) in [5.74, 6) is -0.0209. The molecule has 2 aromatic carbocycles. The monoisotopic (exact) mass is 358 g/mol. The zero-order valence-electron chi connectivity index (χ0n) is 12.1. The fourth-order valence-electron chi connectivity index (χ4n) is 2.59. The van der Waals surface area contributed by atoms with Crippen LogP contribution in [0.25, 0.3) is 0 Å². The number of ketones is 1. The largest absolute Gasteiger partial charge is 0.326 e. The van der Waals surface area contributed by atoms with Crippen LogP contribution in [0, 0.1) is 0 Å². The molecule has 0 unspecified atom stereocenters. The van der Waals surface area contributed by atoms with E-state index in [1.165, 1.54) is 6.92 Å². The quantitative estimate of drug-likeness (QED) is 0.815. The molecule has 1 aliphatic rings. The van der Waals surface area contributed by atoms with Crippen LogP contribution in [0.2, 0.25) is 0 Å². The van der Waals surface area contributed by atoms with Crippen molar-refractivity contribution in [3.8, 4) is 0 Å². The molecule has 0 fully saturated rings. The van der Waals surface area contributed by atoms with Crippen LogP contribution >= 0.6 is 15.9 Å². The maximum absolute atomic E-state index is 12.5. The molecule has 2 amide bonds. The molecular weight excluding hydrogens is 344 g/mol. The topological polar surface area (TPSA) is 49.4 Å². The number of fused-ring (bicyclic) bond motifs is 1. The fourth-order valence-corrected chi connectivity index (χ4v) is 3.00. The van der Waals surface area contributed by atoms with Crippen LogP contribution in [0.1, 0.15) is 22.8 Å². The van der Waals surface area contributed by atoms with Gasteiger partial charge in [-0.15, -0.1) is 0 Å². The van der Waals surface area contributed by atoms with Crippen molar-refractivity contribution in [2.75, 3.05) is 16.8 Å². The third-order valence-corrected chi connectivity index (χ3v) is 4.20. The summed E-state index contributed by atoms with van der Waals surface area (Å²) in [6.45, 7) is 2.17. The van der Waals surface area contributed by atoms with Gasteiger partial charge in [-0.2, -0.15) is 0 Å². The number of carbonyl (C=O) groups is 2. The van der Waals surface area contributed by atoms with Gasteiger partial charge in [0.15, 0.2) is 5.78 Å². The van der Waals surface area contributed by atoms with Crippen molar-refractivity contribution in [1.82, 2.24) is 0 Å². The number of halogens is 1. The number of hydrogen-bond acceptors (Lipinski definition) is 2. The van der Waals surface area contributed by atoms with E-state index in [0.29, 0.717) is 17.8 Å². The van der Waals surface area contributed by atoms with Gasteiger partial charge in [-0.25, -0.2) is 4.79 Å². The van der Waals surface area contributed by atoms with E-state index in [2.05, 4.69) is 21.2 Å². The van der Waals surface area contributed by atoms with Crippen molar-refractivity contribution >= 4 is 39.1 Å². The highest BCUT2D eigenvalue weighted by molar-refractivity contribution is 9.10. The molecule has 0 atom stereocenters. The third kappa shape index (κ3) is 2.90. The fraction of sp³-hybridized carbons (Fsp3) is 0.176. The van der Waals surface area contributed by atoms with E-state index in [1.54, 1.807) is 29.2 Å². The second kappa shape index (κ2) is 5.93. The van der Waals surface area contributed by atoms with E-state index >= 15 is 0 Å². The predicted molar refractivity (Wildman–Crippen MR) is 90.7 cm³/mol. The van der Waals surface area contributed by atoms with Crippen molar-refractivity contribution in [3.05, 3.63) is 58.1 Å². The minimum absolute atomic E-state index is 0.0209. The Kier molecular flexibility index (Phi) is 3.98. The second-order valence-corrected chi connectivity index (χ2v) is 6.16. The normalized spacial score (nSPS) is 12.9. The zero-order valence-corrected chi connectivity index (χ0v) is 13.7. The molecule has 5 heteroatoms. The smallest absolute Gasteiger partial charge is 0.308 e. The predicted octanol–water partition coefficient (Wildman–Crippen LogP) is 4.25. The average molecular weight is 359 g/mol. The van der Waals surface area contributed by atoms with Crippen molar-refractivity contribution in [1.29, 1.82) is 0 Å². The Balaban J connectivity index is 1.79. The SMILES string of the molecule is CC(=O)c1cccc(NC(=O)N2CCc3cc(Br)ccc32)c1. The molecule has 0 radical (unpaired) electrons. The summed E-state index contributed by atoms with van der Waals surface area (Å²) < 4.78 is 1.02. The Bertz CT molecular complexity index is 758. The van der Waals surface area contributed by atoms with Crippen LogP contribution in [0.3, 0.4) is 0 Å². The van der Waals surface area contributed by atoms with E-state index in [4.69, 9.17) is 0 Å². The van der Waals surface area contributed by atoms with Crippen LogP contribution in [-0.2, 0) is 6.42 Å². The van der Waals surface area contributed by atoms with Crippen LogP contribution < -0.4 is 10.2 Å². The second-order valence-electron chi connectivity index (χ2n) is 5.24. The average Bonchev–Trinajstić information content (AvgIpc) is 2.90.